The Morgan fingerprint density at radius 1 is 1.27 bits per heavy atom. The van der Waals surface area contributed by atoms with Crippen LogP contribution < -0.4 is 5.43 Å². The summed E-state index contributed by atoms with van der Waals surface area (Å²) in [5, 5.41) is 4.93. The van der Waals surface area contributed by atoms with Crippen molar-refractivity contribution in [2.45, 2.75) is 4.90 Å². The number of allylic oxidation sites excluding steroid dienone is 1. The van der Waals surface area contributed by atoms with Crippen LogP contribution in [0, 0.1) is 0 Å². The van der Waals surface area contributed by atoms with Gasteiger partial charge in [0, 0.05) is 11.0 Å². The van der Waals surface area contributed by atoms with Gasteiger partial charge in [0.2, 0.25) is 0 Å². The lowest BCUT2D eigenvalue weighted by Gasteiger charge is -2.18. The minimum atomic E-state index is 0.349. The summed E-state index contributed by atoms with van der Waals surface area (Å²) < 4.78 is 1.06. The molecule has 0 bridgehead atoms. The van der Waals surface area contributed by atoms with Crippen molar-refractivity contribution < 1.29 is 0 Å². The minimum absolute atomic E-state index is 0.349. The maximum absolute atomic E-state index is 5.77. The van der Waals surface area contributed by atoms with Gasteiger partial charge in [-0.2, -0.15) is 0 Å². The molecular formula is C9H7Cl2N3S. The third kappa shape index (κ3) is 3.06. The minimum Gasteiger partial charge on any atom is -0.260 e. The fourth-order valence-corrected chi connectivity index (χ4v) is 2.40. The van der Waals surface area contributed by atoms with E-state index >= 15 is 0 Å². The van der Waals surface area contributed by atoms with Crippen molar-refractivity contribution in [1.29, 1.82) is 0 Å². The van der Waals surface area contributed by atoms with Crippen molar-refractivity contribution in [2.75, 3.05) is 0 Å². The highest BCUT2D eigenvalue weighted by atomic mass is 35.5. The molecule has 78 valence electrons. The molecule has 1 heterocycles. The molecule has 6 heteroatoms. The number of hydrazine groups is 1. The molecule has 0 spiro atoms. The molecular weight excluding hydrogens is 253 g/mol. The number of nitrogens with one attached hydrogen (secondary N) is 1. The lowest BCUT2D eigenvalue weighted by molar-refractivity contribution is 0.408. The zero-order chi connectivity index (χ0) is 10.7. The molecule has 1 N–H and O–H groups in total. The van der Waals surface area contributed by atoms with Crippen molar-refractivity contribution in [2.24, 2.45) is 5.10 Å². The normalized spacial score (nSPS) is 15.5. The number of hydrogen-bond donors (Lipinski definition) is 1. The van der Waals surface area contributed by atoms with Crippen LogP contribution in [0.5, 0.6) is 0 Å². The molecule has 0 unspecified atom stereocenters. The van der Waals surface area contributed by atoms with E-state index in [9.17, 15) is 0 Å². The lowest BCUT2D eigenvalue weighted by atomic mass is 10.4. The molecule has 0 atom stereocenters. The molecule has 3 nitrogen and oxygen atoms in total. The Morgan fingerprint density at radius 2 is 2.00 bits per heavy atom. The molecule has 2 rings (SSSR count). The number of hydrogen-bond acceptors (Lipinski definition) is 4. The van der Waals surface area contributed by atoms with Gasteiger partial charge in [-0.25, -0.2) is 0 Å². The monoisotopic (exact) mass is 259 g/mol. The Morgan fingerprint density at radius 3 is 2.67 bits per heavy atom. The van der Waals surface area contributed by atoms with E-state index in [0.717, 1.165) is 14.6 Å². The van der Waals surface area contributed by atoms with E-state index in [1.807, 2.05) is 30.3 Å². The standard InChI is InChI=1S/C9H7Cl2N3S/c10-8-6-9(13-14(11)12-8)15-7-4-2-1-3-5-7/h1-6,13H. The molecule has 1 aliphatic heterocycles. The van der Waals surface area contributed by atoms with Gasteiger partial charge in [0.1, 0.15) is 0 Å². The Hall–Kier alpha value is -0.840. The van der Waals surface area contributed by atoms with Crippen LogP contribution in [-0.2, 0) is 0 Å². The summed E-state index contributed by atoms with van der Waals surface area (Å²) in [6, 6.07) is 9.92. The summed E-state index contributed by atoms with van der Waals surface area (Å²) in [5.41, 5.74) is 2.85. The first-order valence-electron chi connectivity index (χ1n) is 4.15. The van der Waals surface area contributed by atoms with Gasteiger partial charge >= 0.3 is 0 Å². The van der Waals surface area contributed by atoms with Gasteiger partial charge in [-0.05, 0) is 12.1 Å². The van der Waals surface area contributed by atoms with E-state index in [-0.39, 0.29) is 0 Å². The summed E-state index contributed by atoms with van der Waals surface area (Å²) in [6.07, 6.45) is 1.72. The Balaban J connectivity index is 2.11. The van der Waals surface area contributed by atoms with E-state index in [1.54, 1.807) is 6.08 Å². The topological polar surface area (TPSA) is 27.6 Å². The van der Waals surface area contributed by atoms with E-state index in [1.165, 1.54) is 11.8 Å². The largest absolute Gasteiger partial charge is 0.260 e. The Kier molecular flexibility index (Phi) is 3.41. The first-order chi connectivity index (χ1) is 7.24. The lowest BCUT2D eigenvalue weighted by Crippen LogP contribution is -2.27. The number of halogens is 2. The van der Waals surface area contributed by atoms with Crippen LogP contribution >= 0.6 is 35.1 Å². The average Bonchev–Trinajstić information content (AvgIpc) is 2.17. The van der Waals surface area contributed by atoms with E-state index in [0.29, 0.717) is 5.17 Å². The van der Waals surface area contributed by atoms with Crippen LogP contribution in [-0.4, -0.2) is 9.81 Å². The quantitative estimate of drug-likeness (QED) is 0.828. The number of thioether (sulfide) groups is 1. The van der Waals surface area contributed by atoms with E-state index in [2.05, 4.69) is 10.5 Å². The smallest absolute Gasteiger partial charge is 0.155 e. The maximum atomic E-state index is 5.77. The van der Waals surface area contributed by atoms with Crippen LogP contribution in [0.3, 0.4) is 0 Å². The first kappa shape index (κ1) is 10.7. The van der Waals surface area contributed by atoms with Crippen molar-refractivity contribution in [1.82, 2.24) is 10.1 Å². The Labute approximate surface area is 102 Å². The van der Waals surface area contributed by atoms with Crippen molar-refractivity contribution >= 4 is 40.3 Å². The maximum Gasteiger partial charge on any atom is 0.155 e. The zero-order valence-corrected chi connectivity index (χ0v) is 9.85. The van der Waals surface area contributed by atoms with Crippen LogP contribution in [0.4, 0.5) is 0 Å². The Bertz CT molecular complexity index is 405. The van der Waals surface area contributed by atoms with E-state index < -0.39 is 0 Å². The molecule has 0 aromatic heterocycles. The highest BCUT2D eigenvalue weighted by molar-refractivity contribution is 8.03. The van der Waals surface area contributed by atoms with Gasteiger partial charge in [0.15, 0.2) is 5.17 Å². The van der Waals surface area contributed by atoms with Crippen LogP contribution in [0.1, 0.15) is 0 Å². The second-order valence-corrected chi connectivity index (χ2v) is 4.54. The number of nitrogens with zero attached hydrogens (tertiary/aromatic N) is 2. The van der Waals surface area contributed by atoms with Crippen molar-refractivity contribution in [3.8, 4) is 0 Å². The van der Waals surface area contributed by atoms with Crippen molar-refractivity contribution in [3.05, 3.63) is 41.4 Å². The fourth-order valence-electron chi connectivity index (χ4n) is 1.04. The van der Waals surface area contributed by atoms with Gasteiger partial charge < -0.3 is 0 Å². The third-order valence-electron chi connectivity index (χ3n) is 1.61. The molecule has 1 aliphatic rings. The van der Waals surface area contributed by atoms with Crippen LogP contribution in [0.25, 0.3) is 0 Å². The number of rotatable bonds is 2. The molecule has 0 radical (unpaired) electrons. The molecule has 0 fully saturated rings. The average molecular weight is 260 g/mol. The van der Waals surface area contributed by atoms with E-state index in [4.69, 9.17) is 23.4 Å². The molecule has 0 saturated heterocycles. The summed E-state index contributed by atoms with van der Waals surface area (Å²) >= 11 is 13.0. The number of hydrazone groups is 1. The van der Waals surface area contributed by atoms with Gasteiger partial charge in [0.05, 0.1) is 16.8 Å². The van der Waals surface area contributed by atoms with Gasteiger partial charge in [-0.3, -0.25) is 5.43 Å². The molecule has 1 aromatic rings. The predicted molar refractivity (Wildman–Crippen MR) is 64.5 cm³/mol. The first-order valence-corrected chi connectivity index (χ1v) is 5.68. The molecule has 0 saturated carbocycles. The van der Waals surface area contributed by atoms with Gasteiger partial charge in [-0.15, -0.1) is 9.74 Å². The van der Waals surface area contributed by atoms with Gasteiger partial charge in [-0.1, -0.05) is 41.6 Å². The van der Waals surface area contributed by atoms with Crippen LogP contribution in [0.2, 0.25) is 0 Å². The second-order valence-electron chi connectivity index (χ2n) is 2.72. The summed E-state index contributed by atoms with van der Waals surface area (Å²) in [6.45, 7) is 0. The fraction of sp³-hybridized carbons (Fsp3) is 0. The summed E-state index contributed by atoms with van der Waals surface area (Å²) in [4.78, 5) is 1.10. The molecule has 1 aromatic carbocycles. The zero-order valence-electron chi connectivity index (χ0n) is 7.52. The SMILES string of the molecule is ClC1=NN(Cl)NC(Sc2ccccc2)=C1. The number of benzene rings is 1. The van der Waals surface area contributed by atoms with Crippen molar-refractivity contribution in [3.63, 3.8) is 0 Å². The molecule has 15 heavy (non-hydrogen) atoms. The highest BCUT2D eigenvalue weighted by Crippen LogP contribution is 2.26. The third-order valence-corrected chi connectivity index (χ3v) is 2.89. The predicted octanol–water partition coefficient (Wildman–Crippen LogP) is 3.15. The molecule has 0 aliphatic carbocycles. The highest BCUT2D eigenvalue weighted by Gasteiger charge is 2.10. The van der Waals surface area contributed by atoms with Gasteiger partial charge in [0.25, 0.3) is 0 Å². The molecule has 0 amide bonds. The summed E-state index contributed by atoms with van der Waals surface area (Å²) in [5.74, 6) is 0. The summed E-state index contributed by atoms with van der Waals surface area (Å²) in [7, 11) is 0. The second kappa shape index (κ2) is 4.79. The van der Waals surface area contributed by atoms with Crippen LogP contribution in [0.15, 0.2) is 51.4 Å².